The second kappa shape index (κ2) is 5.78. The first-order valence-electron chi connectivity index (χ1n) is 7.48. The maximum Gasteiger partial charge on any atom is 0.181 e. The first-order valence-corrected chi connectivity index (χ1v) is 9.09. The van der Waals surface area contributed by atoms with Gasteiger partial charge < -0.3 is 9.88 Å². The quantitative estimate of drug-likeness (QED) is 0.444. The lowest BCUT2D eigenvalue weighted by molar-refractivity contribution is 0.820. The standard InChI is InChI=1S/C16H10BrN7S/c17-13-12-14(21-7-20-13)22-8-24(12)6-9-1-2-11-10(5-9)23-15-16(25-11)19-4-3-18-15/h1-5,7-8H,6H2,(H,18,23). The molecule has 0 amide bonds. The maximum atomic E-state index is 4.35. The summed E-state index contributed by atoms with van der Waals surface area (Å²) in [5.41, 5.74) is 3.75. The van der Waals surface area contributed by atoms with E-state index in [2.05, 4.69) is 64.4 Å². The predicted octanol–water partition coefficient (Wildman–Crippen LogP) is 3.64. The van der Waals surface area contributed by atoms with E-state index in [4.69, 9.17) is 0 Å². The number of hydrogen-bond acceptors (Lipinski definition) is 7. The fourth-order valence-electron chi connectivity index (χ4n) is 2.77. The second-order valence-corrected chi connectivity index (χ2v) is 7.26. The van der Waals surface area contributed by atoms with Crippen LogP contribution in [0.4, 0.5) is 11.5 Å². The number of halogens is 1. The van der Waals surface area contributed by atoms with Gasteiger partial charge in [0.15, 0.2) is 11.5 Å². The smallest absolute Gasteiger partial charge is 0.181 e. The Morgan fingerprint density at radius 2 is 2.00 bits per heavy atom. The third kappa shape index (κ3) is 2.56. The van der Waals surface area contributed by atoms with E-state index in [-0.39, 0.29) is 0 Å². The number of rotatable bonds is 2. The SMILES string of the molecule is Brc1ncnc2ncn(Cc3ccc4c(c3)Nc3nccnc3S4)c12. The summed E-state index contributed by atoms with van der Waals surface area (Å²) in [6.45, 7) is 0.676. The van der Waals surface area contributed by atoms with Crippen LogP contribution >= 0.6 is 27.7 Å². The molecule has 1 aliphatic rings. The lowest BCUT2D eigenvalue weighted by Gasteiger charge is -2.19. The Morgan fingerprint density at radius 1 is 1.08 bits per heavy atom. The van der Waals surface area contributed by atoms with Crippen molar-refractivity contribution in [2.24, 2.45) is 0 Å². The lowest BCUT2D eigenvalue weighted by Crippen LogP contribution is -2.05. The van der Waals surface area contributed by atoms with Crippen LogP contribution in [0.1, 0.15) is 5.56 Å². The highest BCUT2D eigenvalue weighted by atomic mass is 79.9. The average molecular weight is 412 g/mol. The van der Waals surface area contributed by atoms with Crippen LogP contribution in [0.15, 0.2) is 57.8 Å². The molecule has 4 heterocycles. The monoisotopic (exact) mass is 411 g/mol. The Morgan fingerprint density at radius 3 is 2.96 bits per heavy atom. The zero-order valence-corrected chi connectivity index (χ0v) is 15.1. The van der Waals surface area contributed by atoms with Crippen molar-refractivity contribution in [3.8, 4) is 0 Å². The largest absolute Gasteiger partial charge is 0.337 e. The normalized spacial score (nSPS) is 12.5. The maximum absolute atomic E-state index is 4.35. The molecule has 7 nitrogen and oxygen atoms in total. The Kier molecular flexibility index (Phi) is 3.42. The van der Waals surface area contributed by atoms with Crippen LogP contribution in [0, 0.1) is 0 Å². The van der Waals surface area contributed by atoms with Gasteiger partial charge in [-0.1, -0.05) is 17.8 Å². The highest BCUT2D eigenvalue weighted by Crippen LogP contribution is 2.42. The van der Waals surface area contributed by atoms with E-state index in [1.165, 1.54) is 6.33 Å². The van der Waals surface area contributed by atoms with E-state index in [0.29, 0.717) is 12.2 Å². The van der Waals surface area contributed by atoms with Crippen molar-refractivity contribution in [2.45, 2.75) is 16.5 Å². The Bertz CT molecular complexity index is 1110. The molecule has 0 unspecified atom stereocenters. The van der Waals surface area contributed by atoms with Gasteiger partial charge in [-0.2, -0.15) is 0 Å². The lowest BCUT2D eigenvalue weighted by atomic mass is 10.2. The van der Waals surface area contributed by atoms with Crippen LogP contribution in [0.3, 0.4) is 0 Å². The van der Waals surface area contributed by atoms with Gasteiger partial charge in [-0.3, -0.25) is 0 Å². The van der Waals surface area contributed by atoms with Gasteiger partial charge in [-0.25, -0.2) is 24.9 Å². The van der Waals surface area contributed by atoms with E-state index in [1.54, 1.807) is 30.5 Å². The molecule has 0 radical (unpaired) electrons. The molecule has 1 N–H and O–H groups in total. The summed E-state index contributed by atoms with van der Waals surface area (Å²) < 4.78 is 2.77. The summed E-state index contributed by atoms with van der Waals surface area (Å²) in [7, 11) is 0. The van der Waals surface area contributed by atoms with Gasteiger partial charge in [-0.05, 0) is 33.6 Å². The zero-order valence-electron chi connectivity index (χ0n) is 12.7. The summed E-state index contributed by atoms with van der Waals surface area (Å²) in [6.07, 6.45) is 6.68. The van der Waals surface area contributed by atoms with E-state index in [0.717, 1.165) is 37.1 Å². The molecule has 25 heavy (non-hydrogen) atoms. The van der Waals surface area contributed by atoms with Gasteiger partial charge in [0.25, 0.3) is 0 Å². The number of fused-ring (bicyclic) bond motifs is 3. The average Bonchev–Trinajstić information content (AvgIpc) is 3.04. The number of nitrogens with zero attached hydrogens (tertiary/aromatic N) is 6. The molecule has 0 aliphatic carbocycles. The molecule has 0 fully saturated rings. The van der Waals surface area contributed by atoms with Crippen LogP contribution in [0.5, 0.6) is 0 Å². The van der Waals surface area contributed by atoms with Gasteiger partial charge in [0.1, 0.15) is 21.5 Å². The fourth-order valence-corrected chi connectivity index (χ4v) is 4.14. The second-order valence-electron chi connectivity index (χ2n) is 5.48. The molecule has 0 spiro atoms. The van der Waals surface area contributed by atoms with Gasteiger partial charge in [0.2, 0.25) is 0 Å². The number of anilines is 2. The molecule has 0 saturated heterocycles. The number of imidazole rings is 1. The molecule has 0 atom stereocenters. The predicted molar refractivity (Wildman–Crippen MR) is 98.0 cm³/mol. The molecule has 3 aromatic heterocycles. The van der Waals surface area contributed by atoms with Crippen LogP contribution < -0.4 is 5.32 Å². The molecule has 1 aliphatic heterocycles. The molecule has 9 heteroatoms. The van der Waals surface area contributed by atoms with Gasteiger partial charge in [-0.15, -0.1) is 0 Å². The number of nitrogens with one attached hydrogen (secondary N) is 1. The minimum Gasteiger partial charge on any atom is -0.337 e. The third-order valence-corrected chi connectivity index (χ3v) is 5.53. The third-order valence-electron chi connectivity index (χ3n) is 3.89. The van der Waals surface area contributed by atoms with Crippen molar-refractivity contribution in [3.05, 3.63) is 53.4 Å². The molecule has 5 rings (SSSR count). The summed E-state index contributed by atoms with van der Waals surface area (Å²) >= 11 is 5.10. The summed E-state index contributed by atoms with van der Waals surface area (Å²) in [5, 5.41) is 4.25. The Balaban J connectivity index is 1.50. The first-order chi connectivity index (χ1) is 12.3. The van der Waals surface area contributed by atoms with Crippen LogP contribution in [-0.2, 0) is 6.54 Å². The summed E-state index contributed by atoms with van der Waals surface area (Å²) in [6, 6.07) is 6.34. The molecule has 122 valence electrons. The van der Waals surface area contributed by atoms with Crippen molar-refractivity contribution in [1.82, 2.24) is 29.5 Å². The van der Waals surface area contributed by atoms with Gasteiger partial charge >= 0.3 is 0 Å². The van der Waals surface area contributed by atoms with Crippen molar-refractivity contribution in [2.75, 3.05) is 5.32 Å². The number of aromatic nitrogens is 6. The van der Waals surface area contributed by atoms with E-state index in [1.807, 2.05) is 4.57 Å². The number of benzene rings is 1. The van der Waals surface area contributed by atoms with Crippen molar-refractivity contribution < 1.29 is 0 Å². The fraction of sp³-hybridized carbons (Fsp3) is 0.0625. The molecule has 0 bridgehead atoms. The van der Waals surface area contributed by atoms with Crippen LogP contribution in [-0.4, -0.2) is 29.5 Å². The highest BCUT2D eigenvalue weighted by molar-refractivity contribution is 9.10. The van der Waals surface area contributed by atoms with Crippen LogP contribution in [0.25, 0.3) is 11.2 Å². The van der Waals surface area contributed by atoms with E-state index >= 15 is 0 Å². The number of hydrogen-bond donors (Lipinski definition) is 1. The van der Waals surface area contributed by atoms with Crippen molar-refractivity contribution in [3.63, 3.8) is 0 Å². The molecule has 1 aromatic carbocycles. The topological polar surface area (TPSA) is 81.4 Å². The zero-order chi connectivity index (χ0) is 16.8. The first kappa shape index (κ1) is 14.8. The van der Waals surface area contributed by atoms with Crippen molar-refractivity contribution in [1.29, 1.82) is 0 Å². The van der Waals surface area contributed by atoms with E-state index in [9.17, 15) is 0 Å². The molecule has 0 saturated carbocycles. The highest BCUT2D eigenvalue weighted by Gasteiger charge is 2.18. The minimum absolute atomic E-state index is 0.676. The van der Waals surface area contributed by atoms with Crippen LogP contribution in [0.2, 0.25) is 0 Å². The molecular formula is C16H10BrN7S. The van der Waals surface area contributed by atoms with Gasteiger partial charge in [0.05, 0.1) is 12.0 Å². The molecular weight excluding hydrogens is 402 g/mol. The summed E-state index contributed by atoms with van der Waals surface area (Å²) in [5.74, 6) is 0.793. The van der Waals surface area contributed by atoms with Crippen molar-refractivity contribution >= 4 is 50.4 Å². The summed E-state index contributed by atoms with van der Waals surface area (Å²) in [4.78, 5) is 22.6. The van der Waals surface area contributed by atoms with E-state index < -0.39 is 0 Å². The molecule has 4 aromatic rings. The Labute approximate surface area is 155 Å². The Hall–Kier alpha value is -2.52. The van der Waals surface area contributed by atoms with Gasteiger partial charge in [0, 0.05) is 23.8 Å². The minimum atomic E-state index is 0.676.